The number of methoxy groups -OCH3 is 1. The number of nitrogens with one attached hydrogen (secondary N) is 1. The number of ether oxygens (including phenoxy) is 2. The molecule has 0 aliphatic rings. The Bertz CT molecular complexity index is 1020. The molecule has 2 atom stereocenters. The van der Waals surface area contributed by atoms with Crippen LogP contribution in [0, 0.1) is 0 Å². The van der Waals surface area contributed by atoms with Gasteiger partial charge in [-0.25, -0.2) is 9.78 Å². The molecule has 0 saturated carbocycles. The highest BCUT2D eigenvalue weighted by atomic mass is 16.5. The van der Waals surface area contributed by atoms with E-state index in [1.54, 1.807) is 27.9 Å². The number of carbonyl (C=O) groups excluding carboxylic acids is 2. The Morgan fingerprint density at radius 1 is 1.10 bits per heavy atom. The minimum absolute atomic E-state index is 0.140. The lowest BCUT2D eigenvalue weighted by Crippen LogP contribution is -2.46. The molecule has 0 saturated heterocycles. The lowest BCUT2D eigenvalue weighted by Gasteiger charge is -2.21. The molecular weight excluding hydrogens is 384 g/mol. The zero-order chi connectivity index (χ0) is 21.7. The van der Waals surface area contributed by atoms with E-state index < -0.39 is 17.9 Å². The summed E-state index contributed by atoms with van der Waals surface area (Å²) < 4.78 is 12.0. The van der Waals surface area contributed by atoms with Gasteiger partial charge in [-0.05, 0) is 49.2 Å². The molecule has 0 aliphatic carbocycles. The van der Waals surface area contributed by atoms with Crippen LogP contribution in [0.3, 0.4) is 0 Å². The summed E-state index contributed by atoms with van der Waals surface area (Å²) in [5.41, 5.74) is 0.849. The van der Waals surface area contributed by atoms with Gasteiger partial charge in [0.2, 0.25) is 5.91 Å². The fourth-order valence-corrected chi connectivity index (χ4v) is 3.09. The molecule has 0 aliphatic heterocycles. The van der Waals surface area contributed by atoms with Crippen molar-refractivity contribution >= 4 is 22.6 Å². The molecule has 1 heterocycles. The van der Waals surface area contributed by atoms with Crippen LogP contribution in [0.15, 0.2) is 49.1 Å². The van der Waals surface area contributed by atoms with Crippen LogP contribution >= 0.6 is 0 Å². The van der Waals surface area contributed by atoms with Crippen molar-refractivity contribution in [1.82, 2.24) is 20.1 Å². The molecule has 0 unspecified atom stereocenters. The average molecular weight is 410 g/mol. The summed E-state index contributed by atoms with van der Waals surface area (Å²) in [6.45, 7) is 5.47. The maximum absolute atomic E-state index is 12.9. The Morgan fingerprint density at radius 3 is 2.50 bits per heavy atom. The van der Waals surface area contributed by atoms with Gasteiger partial charge in [0.15, 0.2) is 0 Å². The maximum Gasteiger partial charge on any atom is 0.330 e. The zero-order valence-electron chi connectivity index (χ0n) is 17.5. The summed E-state index contributed by atoms with van der Waals surface area (Å²) in [5.74, 6) is -0.456. The van der Waals surface area contributed by atoms with Crippen molar-refractivity contribution in [2.75, 3.05) is 7.11 Å². The summed E-state index contributed by atoms with van der Waals surface area (Å²) in [5, 5.41) is 8.84. The first-order valence-corrected chi connectivity index (χ1v) is 9.78. The molecule has 0 spiro atoms. The number of amides is 1. The van der Waals surface area contributed by atoms with Gasteiger partial charge >= 0.3 is 5.97 Å². The molecule has 0 fully saturated rings. The largest absolute Gasteiger partial charge is 0.497 e. The number of aromatic nitrogens is 3. The number of hydrogen-bond donors (Lipinski definition) is 1. The first kappa shape index (κ1) is 21.3. The maximum atomic E-state index is 12.9. The van der Waals surface area contributed by atoms with Gasteiger partial charge in [-0.3, -0.25) is 9.48 Å². The summed E-state index contributed by atoms with van der Waals surface area (Å²) in [7, 11) is 1.63. The SMILES string of the molecule is COc1ccc2cc([C@H](C)C(=O)N[C@H](Cn3cncn3)C(=O)OC(C)C)ccc2c1. The molecule has 8 heteroatoms. The number of fused-ring (bicyclic) bond motifs is 1. The van der Waals surface area contributed by atoms with Crippen LogP contribution in [0.2, 0.25) is 0 Å². The molecule has 3 aromatic rings. The fraction of sp³-hybridized carbons (Fsp3) is 0.364. The first-order chi connectivity index (χ1) is 14.4. The third-order valence-electron chi connectivity index (χ3n) is 4.75. The lowest BCUT2D eigenvalue weighted by atomic mass is 9.96. The van der Waals surface area contributed by atoms with E-state index in [9.17, 15) is 9.59 Å². The molecule has 2 aromatic carbocycles. The normalized spacial score (nSPS) is 13.1. The number of nitrogens with zero attached hydrogens (tertiary/aromatic N) is 3. The third kappa shape index (κ3) is 5.14. The molecule has 8 nitrogen and oxygen atoms in total. The number of hydrogen-bond acceptors (Lipinski definition) is 6. The van der Waals surface area contributed by atoms with Gasteiger partial charge in [0.1, 0.15) is 24.4 Å². The van der Waals surface area contributed by atoms with Gasteiger partial charge in [0.05, 0.1) is 25.7 Å². The standard InChI is InChI=1S/C22H26N4O4/c1-14(2)30-22(28)20(11-26-13-23-12-24-26)25-21(27)15(3)16-5-6-18-10-19(29-4)8-7-17(18)9-16/h5-10,12-15,20H,11H2,1-4H3,(H,25,27)/t15-,20+/m0/s1. The van der Waals surface area contributed by atoms with Crippen molar-refractivity contribution in [3.63, 3.8) is 0 Å². The van der Waals surface area contributed by atoms with E-state index in [-0.39, 0.29) is 18.6 Å². The Hall–Kier alpha value is -3.42. The topological polar surface area (TPSA) is 95.3 Å². The fourth-order valence-electron chi connectivity index (χ4n) is 3.09. The molecule has 1 amide bonds. The number of carbonyl (C=O) groups is 2. The predicted octanol–water partition coefficient (Wildman–Crippen LogP) is 2.68. The van der Waals surface area contributed by atoms with Crippen LogP contribution in [-0.4, -0.2) is 45.9 Å². The van der Waals surface area contributed by atoms with Crippen molar-refractivity contribution in [2.45, 2.75) is 45.4 Å². The Kier molecular flexibility index (Phi) is 6.66. The molecule has 30 heavy (non-hydrogen) atoms. The van der Waals surface area contributed by atoms with E-state index in [4.69, 9.17) is 9.47 Å². The van der Waals surface area contributed by atoms with Crippen LogP contribution < -0.4 is 10.1 Å². The van der Waals surface area contributed by atoms with E-state index >= 15 is 0 Å². The molecule has 158 valence electrons. The number of benzene rings is 2. The Balaban J connectivity index is 1.76. The zero-order valence-corrected chi connectivity index (χ0v) is 17.5. The molecule has 3 rings (SSSR count). The Morgan fingerprint density at radius 2 is 1.83 bits per heavy atom. The van der Waals surface area contributed by atoms with Gasteiger partial charge < -0.3 is 14.8 Å². The monoisotopic (exact) mass is 410 g/mol. The Labute approximate surface area is 175 Å². The molecule has 1 aromatic heterocycles. The van der Waals surface area contributed by atoms with Gasteiger partial charge in [0, 0.05) is 0 Å². The third-order valence-corrected chi connectivity index (χ3v) is 4.75. The number of esters is 1. The minimum Gasteiger partial charge on any atom is -0.497 e. The van der Waals surface area contributed by atoms with Crippen LogP contribution in [0.4, 0.5) is 0 Å². The number of rotatable bonds is 8. The van der Waals surface area contributed by atoms with Gasteiger partial charge in [-0.15, -0.1) is 0 Å². The first-order valence-electron chi connectivity index (χ1n) is 9.78. The van der Waals surface area contributed by atoms with Crippen molar-refractivity contribution < 1.29 is 19.1 Å². The van der Waals surface area contributed by atoms with Gasteiger partial charge in [0.25, 0.3) is 0 Å². The van der Waals surface area contributed by atoms with E-state index in [0.29, 0.717) is 0 Å². The van der Waals surface area contributed by atoms with Crippen LogP contribution in [0.25, 0.3) is 10.8 Å². The second kappa shape index (κ2) is 9.39. The lowest BCUT2D eigenvalue weighted by molar-refractivity contribution is -0.152. The second-order valence-electron chi connectivity index (χ2n) is 7.36. The molecule has 0 radical (unpaired) electrons. The van der Waals surface area contributed by atoms with Crippen molar-refractivity contribution in [1.29, 1.82) is 0 Å². The van der Waals surface area contributed by atoms with Crippen molar-refractivity contribution in [2.24, 2.45) is 0 Å². The van der Waals surface area contributed by atoms with Crippen LogP contribution in [0.5, 0.6) is 5.75 Å². The summed E-state index contributed by atoms with van der Waals surface area (Å²) in [4.78, 5) is 29.3. The van der Waals surface area contributed by atoms with Crippen LogP contribution in [0.1, 0.15) is 32.3 Å². The van der Waals surface area contributed by atoms with Crippen molar-refractivity contribution in [3.05, 3.63) is 54.6 Å². The summed E-state index contributed by atoms with van der Waals surface area (Å²) in [6.07, 6.45) is 2.57. The van der Waals surface area contributed by atoms with Crippen molar-refractivity contribution in [3.8, 4) is 5.75 Å². The van der Waals surface area contributed by atoms with E-state index in [0.717, 1.165) is 22.1 Å². The molecule has 1 N–H and O–H groups in total. The van der Waals surface area contributed by atoms with Gasteiger partial charge in [-0.1, -0.05) is 24.3 Å². The predicted molar refractivity (Wildman–Crippen MR) is 112 cm³/mol. The highest BCUT2D eigenvalue weighted by Crippen LogP contribution is 2.25. The summed E-state index contributed by atoms with van der Waals surface area (Å²) >= 11 is 0. The molecular formula is C22H26N4O4. The minimum atomic E-state index is -0.867. The highest BCUT2D eigenvalue weighted by molar-refractivity contribution is 5.90. The van der Waals surface area contributed by atoms with Crippen LogP contribution in [-0.2, 0) is 20.9 Å². The molecule has 0 bridgehead atoms. The average Bonchev–Trinajstić information content (AvgIpc) is 3.24. The second-order valence-corrected chi connectivity index (χ2v) is 7.36. The van der Waals surface area contributed by atoms with E-state index in [1.165, 1.54) is 17.3 Å². The quantitative estimate of drug-likeness (QED) is 0.574. The summed E-state index contributed by atoms with van der Waals surface area (Å²) in [6, 6.07) is 10.7. The smallest absolute Gasteiger partial charge is 0.330 e. The van der Waals surface area contributed by atoms with E-state index in [2.05, 4.69) is 15.4 Å². The van der Waals surface area contributed by atoms with E-state index in [1.807, 2.05) is 36.4 Å². The van der Waals surface area contributed by atoms with Gasteiger partial charge in [-0.2, -0.15) is 5.10 Å². The highest BCUT2D eigenvalue weighted by Gasteiger charge is 2.27.